The van der Waals surface area contributed by atoms with E-state index >= 15 is 0 Å². The van der Waals surface area contributed by atoms with Crippen LogP contribution in [0.25, 0.3) is 17.2 Å². The molecule has 3 rings (SSSR count). The zero-order valence-electron chi connectivity index (χ0n) is 21.0. The Kier molecular flexibility index (Phi) is 8.62. The third kappa shape index (κ3) is 5.99. The number of Topliss-reactive ketones (excluding diaryl/α,β-unsaturated/α-hetero) is 1. The van der Waals surface area contributed by atoms with Crippen LogP contribution in [0.3, 0.4) is 0 Å². The molecule has 186 valence electrons. The van der Waals surface area contributed by atoms with Gasteiger partial charge in [-0.3, -0.25) is 19.3 Å². The molecule has 0 saturated carbocycles. The number of rotatable bonds is 9. The summed E-state index contributed by atoms with van der Waals surface area (Å²) in [5, 5.41) is 0. The van der Waals surface area contributed by atoms with Crippen molar-refractivity contribution in [3.8, 4) is 28.4 Å². The van der Waals surface area contributed by atoms with Gasteiger partial charge >= 0.3 is 0 Å². The molecule has 3 aromatic carbocycles. The zero-order valence-corrected chi connectivity index (χ0v) is 21.0. The lowest BCUT2D eigenvalue weighted by atomic mass is 10.0. The van der Waals surface area contributed by atoms with Gasteiger partial charge in [-0.1, -0.05) is 54.6 Å². The van der Waals surface area contributed by atoms with Crippen LogP contribution < -0.4 is 14.2 Å². The Hall–Kier alpha value is -4.39. The molecular formula is C29H29NO6. The molecule has 0 atom stereocenters. The average Bonchev–Trinajstić information content (AvgIpc) is 2.90. The molecule has 0 heterocycles. The fourth-order valence-corrected chi connectivity index (χ4v) is 3.75. The maximum absolute atomic E-state index is 13.1. The predicted molar refractivity (Wildman–Crippen MR) is 138 cm³/mol. The summed E-state index contributed by atoms with van der Waals surface area (Å²) in [5.41, 5.74) is 3.30. The van der Waals surface area contributed by atoms with Crippen LogP contribution >= 0.6 is 0 Å². The van der Waals surface area contributed by atoms with Gasteiger partial charge in [-0.05, 0) is 41.8 Å². The Morgan fingerprint density at radius 1 is 0.778 bits per heavy atom. The van der Waals surface area contributed by atoms with Crippen LogP contribution in [0.5, 0.6) is 17.2 Å². The van der Waals surface area contributed by atoms with Crippen molar-refractivity contribution in [3.63, 3.8) is 0 Å². The first-order valence-corrected chi connectivity index (χ1v) is 11.3. The van der Waals surface area contributed by atoms with Gasteiger partial charge in [-0.25, -0.2) is 0 Å². The first kappa shape index (κ1) is 26.2. The summed E-state index contributed by atoms with van der Waals surface area (Å²) >= 11 is 0. The minimum Gasteiger partial charge on any atom is -0.493 e. The topological polar surface area (TPSA) is 82.1 Å². The third-order valence-corrected chi connectivity index (χ3v) is 5.65. The van der Waals surface area contributed by atoms with Crippen molar-refractivity contribution in [2.45, 2.75) is 13.8 Å². The second kappa shape index (κ2) is 11.8. The van der Waals surface area contributed by atoms with E-state index in [1.54, 1.807) is 37.3 Å². The molecule has 2 amide bonds. The Labute approximate surface area is 210 Å². The highest BCUT2D eigenvalue weighted by Gasteiger charge is 2.23. The molecule has 0 saturated heterocycles. The maximum atomic E-state index is 13.1. The number of carbonyl (C=O) groups is 3. The van der Waals surface area contributed by atoms with Crippen LogP contribution in [0.4, 0.5) is 0 Å². The van der Waals surface area contributed by atoms with E-state index < -0.39 is 11.8 Å². The monoisotopic (exact) mass is 487 g/mol. The first-order chi connectivity index (χ1) is 17.3. The highest BCUT2D eigenvalue weighted by Crippen LogP contribution is 2.38. The highest BCUT2D eigenvalue weighted by molar-refractivity contribution is 6.10. The van der Waals surface area contributed by atoms with Crippen LogP contribution in [0.1, 0.15) is 29.8 Å². The van der Waals surface area contributed by atoms with Crippen LogP contribution in [-0.4, -0.2) is 50.4 Å². The first-order valence-electron chi connectivity index (χ1n) is 11.3. The summed E-state index contributed by atoms with van der Waals surface area (Å²) in [6.07, 6.45) is 1.60. The predicted octanol–water partition coefficient (Wildman–Crippen LogP) is 5.04. The number of amides is 2. The van der Waals surface area contributed by atoms with E-state index in [0.29, 0.717) is 28.4 Å². The van der Waals surface area contributed by atoms with Gasteiger partial charge in [0.25, 0.3) is 5.91 Å². The molecule has 0 fully saturated rings. The second-order valence-corrected chi connectivity index (χ2v) is 8.06. The molecule has 0 aliphatic heterocycles. The van der Waals surface area contributed by atoms with E-state index in [1.165, 1.54) is 28.3 Å². The van der Waals surface area contributed by atoms with Crippen molar-refractivity contribution in [2.75, 3.05) is 27.9 Å². The van der Waals surface area contributed by atoms with E-state index in [4.69, 9.17) is 14.2 Å². The van der Waals surface area contributed by atoms with Crippen LogP contribution in [0, 0.1) is 0 Å². The molecule has 0 N–H and O–H groups in total. The molecule has 0 radical (unpaired) electrons. The average molecular weight is 488 g/mol. The second-order valence-electron chi connectivity index (χ2n) is 8.06. The number of hydrogen-bond acceptors (Lipinski definition) is 6. The number of imide groups is 1. The Morgan fingerprint density at radius 3 is 1.83 bits per heavy atom. The Bertz CT molecular complexity index is 1250. The van der Waals surface area contributed by atoms with Crippen molar-refractivity contribution < 1.29 is 28.6 Å². The highest BCUT2D eigenvalue weighted by atomic mass is 16.5. The molecular weight excluding hydrogens is 458 g/mol. The standard InChI is InChI=1S/C29H29NO6/c1-19(15-21-16-26(34-3)28(36-5)27(17-21)35-4)29(33)30(20(2)31)18-25(32)24-13-11-23(12-14-24)22-9-7-6-8-10-22/h6-17H,18H2,1-5H3/b19-15+. The normalized spacial score (nSPS) is 11.0. The molecule has 7 heteroatoms. The molecule has 0 bridgehead atoms. The van der Waals surface area contributed by atoms with Crippen molar-refractivity contribution in [2.24, 2.45) is 0 Å². The van der Waals surface area contributed by atoms with Gasteiger partial charge in [0.1, 0.15) is 0 Å². The minimum absolute atomic E-state index is 0.270. The number of benzene rings is 3. The van der Waals surface area contributed by atoms with Crippen molar-refractivity contribution in [1.29, 1.82) is 0 Å². The summed E-state index contributed by atoms with van der Waals surface area (Å²) in [7, 11) is 4.50. The molecule has 0 aliphatic carbocycles. The molecule has 3 aromatic rings. The van der Waals surface area contributed by atoms with Gasteiger partial charge in [0.15, 0.2) is 17.3 Å². The van der Waals surface area contributed by atoms with Gasteiger partial charge in [-0.15, -0.1) is 0 Å². The molecule has 0 unspecified atom stereocenters. The van der Waals surface area contributed by atoms with Gasteiger partial charge < -0.3 is 14.2 Å². The quantitative estimate of drug-likeness (QED) is 0.311. The Balaban J connectivity index is 1.81. The summed E-state index contributed by atoms with van der Waals surface area (Å²) < 4.78 is 16.0. The lowest BCUT2D eigenvalue weighted by Crippen LogP contribution is -2.39. The lowest BCUT2D eigenvalue weighted by Gasteiger charge is -2.19. The third-order valence-electron chi connectivity index (χ3n) is 5.65. The molecule has 0 spiro atoms. The molecule has 7 nitrogen and oxygen atoms in total. The molecule has 0 aromatic heterocycles. The molecule has 0 aliphatic rings. The summed E-state index contributed by atoms with van der Waals surface area (Å²) in [6.45, 7) is 2.48. The smallest absolute Gasteiger partial charge is 0.256 e. The summed E-state index contributed by atoms with van der Waals surface area (Å²) in [4.78, 5) is 39.3. The van der Waals surface area contributed by atoms with E-state index in [-0.39, 0.29) is 17.9 Å². The van der Waals surface area contributed by atoms with Crippen LogP contribution in [0.2, 0.25) is 0 Å². The lowest BCUT2D eigenvalue weighted by molar-refractivity contribution is -0.140. The van der Waals surface area contributed by atoms with E-state index in [0.717, 1.165) is 16.0 Å². The summed E-state index contributed by atoms with van der Waals surface area (Å²) in [6, 6.07) is 20.3. The zero-order chi connectivity index (χ0) is 26.2. The van der Waals surface area contributed by atoms with E-state index in [2.05, 4.69) is 0 Å². The van der Waals surface area contributed by atoms with E-state index in [9.17, 15) is 14.4 Å². The van der Waals surface area contributed by atoms with E-state index in [1.807, 2.05) is 42.5 Å². The fourth-order valence-electron chi connectivity index (χ4n) is 3.75. The van der Waals surface area contributed by atoms with Crippen LogP contribution in [-0.2, 0) is 9.59 Å². The van der Waals surface area contributed by atoms with Gasteiger partial charge in [-0.2, -0.15) is 0 Å². The van der Waals surface area contributed by atoms with Crippen molar-refractivity contribution in [1.82, 2.24) is 4.90 Å². The Morgan fingerprint density at radius 2 is 1.33 bits per heavy atom. The van der Waals surface area contributed by atoms with Crippen molar-refractivity contribution in [3.05, 3.63) is 83.4 Å². The minimum atomic E-state index is -0.564. The van der Waals surface area contributed by atoms with Crippen molar-refractivity contribution >= 4 is 23.7 Å². The number of methoxy groups -OCH3 is 3. The number of hydrogen-bond donors (Lipinski definition) is 0. The SMILES string of the molecule is COc1cc(/C=C(\C)C(=O)N(CC(=O)c2ccc(-c3ccccc3)cc2)C(C)=O)cc(OC)c1OC. The van der Waals surface area contributed by atoms with Gasteiger partial charge in [0, 0.05) is 18.1 Å². The number of ketones is 1. The largest absolute Gasteiger partial charge is 0.493 e. The van der Waals surface area contributed by atoms with Crippen LogP contribution in [0.15, 0.2) is 72.3 Å². The van der Waals surface area contributed by atoms with Gasteiger partial charge in [0.2, 0.25) is 11.7 Å². The fraction of sp³-hybridized carbons (Fsp3) is 0.207. The van der Waals surface area contributed by atoms with Gasteiger partial charge in [0.05, 0.1) is 27.9 Å². The number of carbonyl (C=O) groups excluding carboxylic acids is 3. The maximum Gasteiger partial charge on any atom is 0.256 e. The molecule has 36 heavy (non-hydrogen) atoms. The summed E-state index contributed by atoms with van der Waals surface area (Å²) in [5.74, 6) is -0.131. The number of nitrogens with zero attached hydrogens (tertiary/aromatic N) is 1. The number of ether oxygens (including phenoxy) is 3.